The average molecular weight is 518 g/mol. The molecule has 0 fully saturated rings. The van der Waals surface area contributed by atoms with Gasteiger partial charge in [-0.15, -0.1) is 23.1 Å². The molecule has 168 valence electrons. The van der Waals surface area contributed by atoms with Crippen molar-refractivity contribution in [1.29, 1.82) is 0 Å². The molecule has 0 aliphatic heterocycles. The van der Waals surface area contributed by atoms with Crippen molar-refractivity contribution in [1.82, 2.24) is 4.98 Å². The molecule has 2 heterocycles. The van der Waals surface area contributed by atoms with Crippen LogP contribution in [0.5, 0.6) is 0 Å². The van der Waals surface area contributed by atoms with E-state index in [1.54, 1.807) is 36.4 Å². The van der Waals surface area contributed by atoms with Crippen molar-refractivity contribution in [2.24, 2.45) is 0 Å². The summed E-state index contributed by atoms with van der Waals surface area (Å²) in [6.07, 6.45) is 1.45. The highest BCUT2D eigenvalue weighted by Gasteiger charge is 2.17. The van der Waals surface area contributed by atoms with Crippen molar-refractivity contribution in [3.8, 4) is 11.3 Å². The van der Waals surface area contributed by atoms with Gasteiger partial charge in [-0.3, -0.25) is 9.59 Å². The number of thiazole rings is 1. The van der Waals surface area contributed by atoms with Crippen molar-refractivity contribution in [2.45, 2.75) is 17.1 Å². The quantitative estimate of drug-likeness (QED) is 0.256. The minimum atomic E-state index is -0.356. The van der Waals surface area contributed by atoms with E-state index >= 15 is 0 Å². The number of furan rings is 1. The predicted molar refractivity (Wildman–Crippen MR) is 135 cm³/mol. The van der Waals surface area contributed by atoms with Crippen LogP contribution in [0.4, 0.5) is 10.8 Å². The molecule has 1 unspecified atom stereocenters. The Morgan fingerprint density at radius 1 is 1.06 bits per heavy atom. The van der Waals surface area contributed by atoms with Gasteiger partial charge in [-0.1, -0.05) is 29.3 Å². The minimum Gasteiger partial charge on any atom is -0.459 e. The minimum absolute atomic E-state index is 0.162. The molecule has 1 atom stereocenters. The zero-order chi connectivity index (χ0) is 23.4. The van der Waals surface area contributed by atoms with Gasteiger partial charge >= 0.3 is 0 Å². The SMILES string of the molecule is CC(Sc1ccc(NC(=O)c2ccco2)cc1)C(=O)Nc1nc(-c2ccc(Cl)c(Cl)c2)cs1. The molecular weight excluding hydrogens is 501 g/mol. The number of carbonyl (C=O) groups excluding carboxylic acids is 2. The van der Waals surface area contributed by atoms with Crippen LogP contribution < -0.4 is 10.6 Å². The number of halogens is 2. The molecule has 0 radical (unpaired) electrons. The predicted octanol–water partition coefficient (Wildman–Crippen LogP) is 7.08. The number of nitrogens with one attached hydrogen (secondary N) is 2. The molecule has 4 aromatic rings. The topological polar surface area (TPSA) is 84.2 Å². The molecule has 0 aliphatic carbocycles. The van der Waals surface area contributed by atoms with Crippen molar-refractivity contribution in [3.63, 3.8) is 0 Å². The van der Waals surface area contributed by atoms with Crippen LogP contribution in [0.15, 0.2) is 75.6 Å². The van der Waals surface area contributed by atoms with Crippen LogP contribution in [0, 0.1) is 0 Å². The van der Waals surface area contributed by atoms with Crippen LogP contribution in [0.2, 0.25) is 10.0 Å². The molecule has 2 amide bonds. The highest BCUT2D eigenvalue weighted by atomic mass is 35.5. The molecule has 0 spiro atoms. The lowest BCUT2D eigenvalue weighted by atomic mass is 10.2. The summed E-state index contributed by atoms with van der Waals surface area (Å²) >= 11 is 14.8. The van der Waals surface area contributed by atoms with Gasteiger partial charge in [-0.25, -0.2) is 4.98 Å². The van der Waals surface area contributed by atoms with Crippen LogP contribution in [-0.2, 0) is 4.79 Å². The number of hydrogen-bond donors (Lipinski definition) is 2. The molecule has 0 saturated heterocycles. The van der Waals surface area contributed by atoms with Crippen molar-refractivity contribution < 1.29 is 14.0 Å². The lowest BCUT2D eigenvalue weighted by Gasteiger charge is -2.11. The molecular formula is C23H17Cl2N3O3S2. The van der Waals surface area contributed by atoms with Crippen LogP contribution >= 0.6 is 46.3 Å². The molecule has 4 rings (SSSR count). The van der Waals surface area contributed by atoms with E-state index in [1.807, 2.05) is 30.5 Å². The van der Waals surface area contributed by atoms with E-state index in [0.29, 0.717) is 26.6 Å². The molecule has 2 aromatic carbocycles. The van der Waals surface area contributed by atoms with Gasteiger partial charge in [-0.05, 0) is 55.5 Å². The monoisotopic (exact) mass is 517 g/mol. The largest absolute Gasteiger partial charge is 0.459 e. The van der Waals surface area contributed by atoms with Crippen molar-refractivity contribution in [3.05, 3.63) is 82.0 Å². The molecule has 33 heavy (non-hydrogen) atoms. The van der Waals surface area contributed by atoms with Gasteiger partial charge in [0.05, 0.1) is 27.3 Å². The van der Waals surface area contributed by atoms with Gasteiger partial charge in [0.15, 0.2) is 10.9 Å². The molecule has 2 N–H and O–H groups in total. The number of aromatic nitrogens is 1. The molecule has 6 nitrogen and oxygen atoms in total. The van der Waals surface area contributed by atoms with Crippen molar-refractivity contribution in [2.75, 3.05) is 10.6 Å². The van der Waals surface area contributed by atoms with Crippen LogP contribution in [-0.4, -0.2) is 22.0 Å². The summed E-state index contributed by atoms with van der Waals surface area (Å²) in [5.74, 6) is -0.245. The zero-order valence-corrected chi connectivity index (χ0v) is 20.3. The first-order valence-electron chi connectivity index (χ1n) is 9.72. The summed E-state index contributed by atoms with van der Waals surface area (Å²) < 4.78 is 5.08. The summed E-state index contributed by atoms with van der Waals surface area (Å²) in [6, 6.07) is 15.8. The van der Waals surface area contributed by atoms with Crippen LogP contribution in [0.3, 0.4) is 0 Å². The number of anilines is 2. The highest BCUT2D eigenvalue weighted by Crippen LogP contribution is 2.31. The van der Waals surface area contributed by atoms with Crippen LogP contribution in [0.25, 0.3) is 11.3 Å². The van der Waals surface area contributed by atoms with E-state index in [1.165, 1.54) is 29.4 Å². The standard InChI is InChI=1S/C23H17Cl2N3O3S2/c1-13(33-16-7-5-15(6-8-16)26-22(30)20-3-2-10-31-20)21(29)28-23-27-19(12-32-23)14-4-9-17(24)18(25)11-14/h2-13H,1H3,(H,26,30)(H,27,28,29). The Bertz CT molecular complexity index is 1270. The fraction of sp³-hybridized carbons (Fsp3) is 0.0870. The van der Waals surface area contributed by atoms with Gasteiger partial charge in [0.25, 0.3) is 5.91 Å². The van der Waals surface area contributed by atoms with E-state index < -0.39 is 0 Å². The van der Waals surface area contributed by atoms with Crippen molar-refractivity contribution >= 4 is 68.9 Å². The van der Waals surface area contributed by atoms with E-state index in [0.717, 1.165) is 10.5 Å². The number of amides is 2. The van der Waals surface area contributed by atoms with E-state index in [2.05, 4.69) is 15.6 Å². The van der Waals surface area contributed by atoms with Gasteiger partial charge in [-0.2, -0.15) is 0 Å². The maximum absolute atomic E-state index is 12.6. The summed E-state index contributed by atoms with van der Waals surface area (Å²) in [4.78, 5) is 30.0. The third kappa shape index (κ3) is 5.97. The summed E-state index contributed by atoms with van der Waals surface area (Å²) in [5, 5.41) is 8.53. The lowest BCUT2D eigenvalue weighted by molar-refractivity contribution is -0.115. The second-order valence-corrected chi connectivity index (χ2v) is 9.96. The third-order valence-electron chi connectivity index (χ3n) is 4.49. The number of rotatable bonds is 7. The first kappa shape index (κ1) is 23.4. The fourth-order valence-electron chi connectivity index (χ4n) is 2.80. The number of hydrogen-bond acceptors (Lipinski definition) is 6. The molecule has 0 aliphatic rings. The summed E-state index contributed by atoms with van der Waals surface area (Å²) in [5.41, 5.74) is 2.17. The molecule has 2 aromatic heterocycles. The summed E-state index contributed by atoms with van der Waals surface area (Å²) in [7, 11) is 0. The molecule has 0 bridgehead atoms. The maximum atomic E-state index is 12.6. The van der Waals surface area contributed by atoms with E-state index in [4.69, 9.17) is 27.6 Å². The Kier molecular flexibility index (Phi) is 7.39. The second kappa shape index (κ2) is 10.4. The average Bonchev–Trinajstić information content (AvgIpc) is 3.49. The Labute approximate surface area is 208 Å². The lowest BCUT2D eigenvalue weighted by Crippen LogP contribution is -2.22. The number of thioether (sulfide) groups is 1. The smallest absolute Gasteiger partial charge is 0.291 e. The van der Waals surface area contributed by atoms with Gasteiger partial charge < -0.3 is 15.1 Å². The Balaban J connectivity index is 1.33. The van der Waals surface area contributed by atoms with E-state index in [-0.39, 0.29) is 22.8 Å². The Hall–Kier alpha value is -2.78. The molecule has 10 heteroatoms. The number of benzene rings is 2. The number of nitrogens with zero attached hydrogens (tertiary/aromatic N) is 1. The second-order valence-electron chi connectivity index (χ2n) is 6.87. The van der Waals surface area contributed by atoms with Crippen LogP contribution in [0.1, 0.15) is 17.5 Å². The Morgan fingerprint density at radius 2 is 1.85 bits per heavy atom. The number of carbonyl (C=O) groups is 2. The first-order valence-corrected chi connectivity index (χ1v) is 12.2. The highest BCUT2D eigenvalue weighted by molar-refractivity contribution is 8.00. The first-order chi connectivity index (χ1) is 15.9. The maximum Gasteiger partial charge on any atom is 0.291 e. The zero-order valence-electron chi connectivity index (χ0n) is 17.2. The fourth-order valence-corrected chi connectivity index (χ4v) is 4.69. The van der Waals surface area contributed by atoms with Gasteiger partial charge in [0.1, 0.15) is 0 Å². The van der Waals surface area contributed by atoms with Gasteiger partial charge in [0, 0.05) is 21.5 Å². The normalized spacial score (nSPS) is 11.7. The van der Waals surface area contributed by atoms with Gasteiger partial charge in [0.2, 0.25) is 5.91 Å². The third-order valence-corrected chi connectivity index (χ3v) is 7.10. The summed E-state index contributed by atoms with van der Waals surface area (Å²) in [6.45, 7) is 1.82. The molecule has 0 saturated carbocycles. The van der Waals surface area contributed by atoms with E-state index in [9.17, 15) is 9.59 Å². The Morgan fingerprint density at radius 3 is 2.55 bits per heavy atom.